The second kappa shape index (κ2) is 6.57. The summed E-state index contributed by atoms with van der Waals surface area (Å²) in [6.07, 6.45) is 3.93. The number of benzene rings is 1. The van der Waals surface area contributed by atoms with E-state index >= 15 is 0 Å². The van der Waals surface area contributed by atoms with Crippen molar-refractivity contribution in [2.24, 2.45) is 0 Å². The molecule has 0 bridgehead atoms. The summed E-state index contributed by atoms with van der Waals surface area (Å²) in [5.41, 5.74) is 4.15. The van der Waals surface area contributed by atoms with E-state index in [9.17, 15) is 5.11 Å². The lowest BCUT2D eigenvalue weighted by Gasteiger charge is -2.40. The Morgan fingerprint density at radius 3 is 2.30 bits per heavy atom. The number of nitrogens with zero attached hydrogens (tertiary/aromatic N) is 1. The van der Waals surface area contributed by atoms with Gasteiger partial charge in [-0.05, 0) is 31.9 Å². The molecule has 0 heterocycles. The number of quaternary nitrogens is 1. The Morgan fingerprint density at radius 1 is 1.15 bits per heavy atom. The number of aliphatic hydroxyl groups is 1. The highest BCUT2D eigenvalue weighted by molar-refractivity contribution is 5.45. The van der Waals surface area contributed by atoms with Gasteiger partial charge in [-0.1, -0.05) is 0 Å². The van der Waals surface area contributed by atoms with Crippen molar-refractivity contribution in [2.75, 3.05) is 20.6 Å². The topological polar surface area (TPSA) is 41.5 Å². The lowest BCUT2D eigenvalue weighted by molar-refractivity contribution is 0.0936. The van der Waals surface area contributed by atoms with E-state index in [-0.39, 0.29) is 6.10 Å². The van der Waals surface area contributed by atoms with Crippen molar-refractivity contribution in [3.63, 3.8) is 0 Å². The minimum atomic E-state index is -0.0952. The van der Waals surface area contributed by atoms with Gasteiger partial charge in [0.1, 0.15) is 11.4 Å². The number of hydrogen-bond donors (Lipinski definition) is 2. The van der Waals surface area contributed by atoms with E-state index in [2.05, 4.69) is 31.7 Å². The number of aliphatic hydroxyl groups excluding tert-OH is 1. The fraction of sp³-hybridized carbons (Fsp3) is 0.625. The third kappa shape index (κ3) is 3.51. The van der Waals surface area contributed by atoms with Gasteiger partial charge in [-0.15, -0.1) is 0 Å². The normalized spacial score (nSPS) is 23.6. The van der Waals surface area contributed by atoms with Crippen LogP contribution in [0.25, 0.3) is 0 Å². The molecule has 1 saturated carbocycles. The first-order valence-corrected chi connectivity index (χ1v) is 7.56. The highest BCUT2D eigenvalue weighted by Gasteiger charge is 2.33. The summed E-state index contributed by atoms with van der Waals surface area (Å²) >= 11 is 0. The van der Waals surface area contributed by atoms with Gasteiger partial charge in [-0.3, -0.25) is 4.48 Å². The molecule has 1 fully saturated rings. The van der Waals surface area contributed by atoms with Crippen molar-refractivity contribution in [1.82, 2.24) is 9.96 Å². The summed E-state index contributed by atoms with van der Waals surface area (Å²) in [7, 11) is 4.51. The molecule has 112 valence electrons. The molecule has 0 amide bonds. The molecule has 1 aromatic rings. The predicted octanol–water partition coefficient (Wildman–Crippen LogP) is 2.46. The van der Waals surface area contributed by atoms with Crippen LogP contribution in [0.5, 0.6) is 5.75 Å². The van der Waals surface area contributed by atoms with Crippen molar-refractivity contribution >= 4 is 5.69 Å². The molecule has 0 atom stereocenters. The molecule has 1 aliphatic carbocycles. The van der Waals surface area contributed by atoms with Crippen LogP contribution in [0.4, 0.5) is 5.69 Å². The van der Waals surface area contributed by atoms with Gasteiger partial charge in [0.15, 0.2) is 0 Å². The molecular formula is C16H27N2O2+. The maximum absolute atomic E-state index is 9.65. The van der Waals surface area contributed by atoms with Crippen LogP contribution in [0.2, 0.25) is 0 Å². The monoisotopic (exact) mass is 279 g/mol. The van der Waals surface area contributed by atoms with Gasteiger partial charge in [0, 0.05) is 31.5 Å². The van der Waals surface area contributed by atoms with Crippen LogP contribution in [-0.4, -0.2) is 37.9 Å². The molecule has 0 radical (unpaired) electrons. The van der Waals surface area contributed by atoms with E-state index in [1.54, 1.807) is 0 Å². The Kier molecular flexibility index (Phi) is 5.02. The highest BCUT2D eigenvalue weighted by atomic mass is 16.6. The summed E-state index contributed by atoms with van der Waals surface area (Å²) in [6, 6.07) is 8.87. The molecule has 0 aromatic heterocycles. The van der Waals surface area contributed by atoms with E-state index < -0.39 is 0 Å². The summed E-state index contributed by atoms with van der Waals surface area (Å²) < 4.78 is 0.869. The fourth-order valence-corrected chi connectivity index (χ4v) is 2.97. The minimum Gasteiger partial charge on any atom is -0.409 e. The summed E-state index contributed by atoms with van der Waals surface area (Å²) in [4.78, 5) is 5.39. The average molecular weight is 279 g/mol. The number of hydroxylamine groups is 1. The maximum Gasteiger partial charge on any atom is 0.147 e. The van der Waals surface area contributed by atoms with Crippen LogP contribution < -0.4 is 14.8 Å². The largest absolute Gasteiger partial charge is 0.409 e. The van der Waals surface area contributed by atoms with Crippen molar-refractivity contribution in [1.29, 1.82) is 0 Å². The molecule has 2 N–H and O–H groups in total. The third-order valence-corrected chi connectivity index (χ3v) is 4.42. The molecule has 20 heavy (non-hydrogen) atoms. The van der Waals surface area contributed by atoms with Crippen molar-refractivity contribution in [3.05, 3.63) is 24.3 Å². The third-order valence-electron chi connectivity index (χ3n) is 4.42. The first-order chi connectivity index (χ1) is 9.54. The molecule has 4 nitrogen and oxygen atoms in total. The maximum atomic E-state index is 9.65. The van der Waals surface area contributed by atoms with Crippen LogP contribution >= 0.6 is 0 Å². The van der Waals surface area contributed by atoms with E-state index in [0.29, 0.717) is 6.04 Å². The minimum absolute atomic E-state index is 0.0952. The average Bonchev–Trinajstić information content (AvgIpc) is 2.46. The van der Waals surface area contributed by atoms with Crippen molar-refractivity contribution in [2.45, 2.75) is 44.8 Å². The van der Waals surface area contributed by atoms with Crippen LogP contribution in [0.1, 0.15) is 32.6 Å². The predicted molar refractivity (Wildman–Crippen MR) is 82.7 cm³/mol. The van der Waals surface area contributed by atoms with Crippen LogP contribution in [-0.2, 0) is 0 Å². The zero-order valence-electron chi connectivity index (χ0n) is 12.8. The second-order valence-corrected chi connectivity index (χ2v) is 6.10. The Morgan fingerprint density at radius 2 is 1.75 bits per heavy atom. The number of rotatable bonds is 5. The molecule has 0 unspecified atom stereocenters. The summed E-state index contributed by atoms with van der Waals surface area (Å²) in [5, 5.41) is 9.65. The highest BCUT2D eigenvalue weighted by Crippen LogP contribution is 2.32. The Labute approximate surface area is 121 Å². The van der Waals surface area contributed by atoms with Gasteiger partial charge >= 0.3 is 0 Å². The Balaban J connectivity index is 2.04. The molecule has 1 aromatic carbocycles. The van der Waals surface area contributed by atoms with Crippen LogP contribution in [0.3, 0.4) is 0 Å². The van der Waals surface area contributed by atoms with E-state index in [4.69, 9.17) is 4.84 Å². The lowest BCUT2D eigenvalue weighted by atomic mass is 9.90. The van der Waals surface area contributed by atoms with Crippen molar-refractivity contribution in [3.8, 4) is 5.75 Å². The quantitative estimate of drug-likeness (QED) is 0.642. The van der Waals surface area contributed by atoms with E-state index in [1.165, 1.54) is 5.69 Å². The first kappa shape index (κ1) is 15.3. The Hall–Kier alpha value is -1.10. The van der Waals surface area contributed by atoms with E-state index in [0.717, 1.165) is 42.5 Å². The van der Waals surface area contributed by atoms with Gasteiger partial charge in [-0.2, -0.15) is 5.48 Å². The van der Waals surface area contributed by atoms with E-state index in [1.807, 2.05) is 19.1 Å². The van der Waals surface area contributed by atoms with Gasteiger partial charge in [0.05, 0.1) is 26.2 Å². The second-order valence-electron chi connectivity index (χ2n) is 6.10. The fourth-order valence-electron chi connectivity index (χ4n) is 2.97. The molecule has 0 spiro atoms. The molecule has 1 aliphatic rings. The summed E-state index contributed by atoms with van der Waals surface area (Å²) in [6.45, 7) is 2.79. The number of nitrogens with one attached hydrogen (secondary N) is 1. The summed E-state index contributed by atoms with van der Waals surface area (Å²) in [5.74, 6) is 0.842. The number of hydrogen-bond acceptors (Lipinski definition) is 3. The van der Waals surface area contributed by atoms with Gasteiger partial charge < -0.3 is 9.94 Å². The van der Waals surface area contributed by atoms with Crippen LogP contribution in [0, 0.1) is 0 Å². The Bertz CT molecular complexity index is 409. The molecule has 0 saturated heterocycles. The van der Waals surface area contributed by atoms with Crippen LogP contribution in [0.15, 0.2) is 24.3 Å². The zero-order valence-corrected chi connectivity index (χ0v) is 12.8. The molecule has 0 aliphatic heterocycles. The molecule has 2 rings (SSSR count). The lowest BCUT2D eigenvalue weighted by Crippen LogP contribution is -2.51. The first-order valence-electron chi connectivity index (χ1n) is 7.56. The smallest absolute Gasteiger partial charge is 0.147 e. The molecular weight excluding hydrogens is 252 g/mol. The van der Waals surface area contributed by atoms with Gasteiger partial charge in [-0.25, -0.2) is 0 Å². The zero-order chi connectivity index (χ0) is 14.6. The van der Waals surface area contributed by atoms with Gasteiger partial charge in [0.25, 0.3) is 0 Å². The standard InChI is InChI=1S/C16H27N2O2/c1-4-17-20-16-11-7-14(8-12-16)18(2,3)13-5-9-15(19)10-6-13/h7-8,11-13,15,17,19H,4-6,9-10H2,1-3H3/q+1. The molecule has 4 heteroatoms. The van der Waals surface area contributed by atoms with Gasteiger partial charge in [0.2, 0.25) is 0 Å². The van der Waals surface area contributed by atoms with Crippen molar-refractivity contribution < 1.29 is 9.94 Å². The SMILES string of the molecule is CCNOc1ccc([N+](C)(C)C2CCC(O)CC2)cc1.